The lowest BCUT2D eigenvalue weighted by Gasteiger charge is -2.16. The highest BCUT2D eigenvalue weighted by atomic mass is 32.2. The van der Waals surface area contributed by atoms with Crippen LogP contribution in [0.4, 0.5) is 0 Å². The van der Waals surface area contributed by atoms with Gasteiger partial charge in [0.2, 0.25) is 10.0 Å². The number of fused-ring (bicyclic) bond motifs is 1. The zero-order chi connectivity index (χ0) is 15.6. The van der Waals surface area contributed by atoms with E-state index in [9.17, 15) is 8.42 Å². The summed E-state index contributed by atoms with van der Waals surface area (Å²) in [5.41, 5.74) is 4.58. The molecular weight excluding hydrogens is 294 g/mol. The number of hydrogen-bond donors (Lipinski definition) is 1. The quantitative estimate of drug-likeness (QED) is 0.940. The summed E-state index contributed by atoms with van der Waals surface area (Å²) >= 11 is 0. The SMILES string of the molecule is Cc1cccc(CNS(=O)(=O)c2ccc3c(c2)CCCC3)c1. The lowest BCUT2D eigenvalue weighted by molar-refractivity contribution is 0.580. The molecule has 22 heavy (non-hydrogen) atoms. The summed E-state index contributed by atoms with van der Waals surface area (Å²) < 4.78 is 27.6. The van der Waals surface area contributed by atoms with Crippen LogP contribution in [-0.2, 0) is 29.4 Å². The van der Waals surface area contributed by atoms with Gasteiger partial charge in [0.15, 0.2) is 0 Å². The first-order chi connectivity index (χ1) is 10.5. The van der Waals surface area contributed by atoms with Crippen molar-refractivity contribution in [1.82, 2.24) is 4.72 Å². The van der Waals surface area contributed by atoms with E-state index in [1.807, 2.05) is 43.3 Å². The number of benzene rings is 2. The van der Waals surface area contributed by atoms with Crippen molar-refractivity contribution in [3.63, 3.8) is 0 Å². The van der Waals surface area contributed by atoms with E-state index in [0.717, 1.165) is 30.4 Å². The maximum absolute atomic E-state index is 12.5. The molecule has 0 spiro atoms. The topological polar surface area (TPSA) is 46.2 Å². The summed E-state index contributed by atoms with van der Waals surface area (Å²) in [6.45, 7) is 2.32. The van der Waals surface area contributed by atoms with Crippen molar-refractivity contribution in [2.24, 2.45) is 0 Å². The minimum absolute atomic E-state index is 0.321. The fraction of sp³-hybridized carbons (Fsp3) is 0.333. The molecule has 4 heteroatoms. The van der Waals surface area contributed by atoms with Crippen LogP contribution in [0.3, 0.4) is 0 Å². The second-order valence-corrected chi connectivity index (χ2v) is 7.72. The molecule has 0 aromatic heterocycles. The average molecular weight is 315 g/mol. The summed E-state index contributed by atoms with van der Waals surface area (Å²) in [5, 5.41) is 0. The van der Waals surface area contributed by atoms with E-state index in [4.69, 9.17) is 0 Å². The normalized spacial score (nSPS) is 14.6. The third-order valence-electron chi connectivity index (χ3n) is 4.18. The van der Waals surface area contributed by atoms with E-state index in [1.54, 1.807) is 6.07 Å². The lowest BCUT2D eigenvalue weighted by atomic mass is 9.92. The standard InChI is InChI=1S/C18H21NO2S/c1-14-5-4-6-15(11-14)13-19-22(20,21)18-10-9-16-7-2-3-8-17(16)12-18/h4-6,9-12,19H,2-3,7-8,13H2,1H3. The van der Waals surface area contributed by atoms with E-state index in [1.165, 1.54) is 17.5 Å². The molecule has 0 aliphatic heterocycles. The molecule has 2 aromatic carbocycles. The molecule has 1 aliphatic rings. The molecule has 1 N–H and O–H groups in total. The first-order valence-electron chi connectivity index (χ1n) is 7.72. The second kappa shape index (κ2) is 6.23. The van der Waals surface area contributed by atoms with Crippen LogP contribution in [0, 0.1) is 6.92 Å². The van der Waals surface area contributed by atoms with Gasteiger partial charge in [0, 0.05) is 6.54 Å². The van der Waals surface area contributed by atoms with E-state index in [-0.39, 0.29) is 0 Å². The smallest absolute Gasteiger partial charge is 0.207 e. The van der Waals surface area contributed by atoms with E-state index >= 15 is 0 Å². The number of rotatable bonds is 4. The van der Waals surface area contributed by atoms with Gasteiger partial charge in [0.25, 0.3) is 0 Å². The zero-order valence-electron chi connectivity index (χ0n) is 12.8. The molecule has 0 bridgehead atoms. The highest BCUT2D eigenvalue weighted by molar-refractivity contribution is 7.89. The summed E-state index contributed by atoms with van der Waals surface area (Å²) in [4.78, 5) is 0.376. The number of nitrogens with one attached hydrogen (secondary N) is 1. The number of hydrogen-bond acceptors (Lipinski definition) is 2. The summed E-state index contributed by atoms with van der Waals surface area (Å²) in [7, 11) is -3.45. The Hall–Kier alpha value is -1.65. The highest BCUT2D eigenvalue weighted by Crippen LogP contribution is 2.24. The predicted molar refractivity (Wildman–Crippen MR) is 88.3 cm³/mol. The Morgan fingerprint density at radius 3 is 2.55 bits per heavy atom. The van der Waals surface area contributed by atoms with Crippen LogP contribution in [-0.4, -0.2) is 8.42 Å². The fourth-order valence-corrected chi connectivity index (χ4v) is 4.03. The van der Waals surface area contributed by atoms with Crippen molar-refractivity contribution in [2.45, 2.75) is 44.0 Å². The van der Waals surface area contributed by atoms with Gasteiger partial charge in [-0.25, -0.2) is 13.1 Å². The maximum atomic E-state index is 12.5. The van der Waals surface area contributed by atoms with Gasteiger partial charge in [0.05, 0.1) is 4.90 Å². The molecule has 0 saturated heterocycles. The van der Waals surface area contributed by atoms with Crippen LogP contribution in [0.5, 0.6) is 0 Å². The average Bonchev–Trinajstić information content (AvgIpc) is 2.53. The summed E-state index contributed by atoms with van der Waals surface area (Å²) in [6.07, 6.45) is 4.39. The van der Waals surface area contributed by atoms with Crippen LogP contribution in [0.2, 0.25) is 0 Å². The minimum Gasteiger partial charge on any atom is -0.207 e. The van der Waals surface area contributed by atoms with Crippen LogP contribution in [0.15, 0.2) is 47.4 Å². The molecule has 0 heterocycles. The molecule has 1 aliphatic carbocycles. The lowest BCUT2D eigenvalue weighted by Crippen LogP contribution is -2.23. The monoisotopic (exact) mass is 315 g/mol. The third-order valence-corrected chi connectivity index (χ3v) is 5.58. The molecule has 3 rings (SSSR count). The molecule has 0 atom stereocenters. The van der Waals surface area contributed by atoms with Gasteiger partial charge in [-0.1, -0.05) is 35.9 Å². The Morgan fingerprint density at radius 1 is 1.00 bits per heavy atom. The second-order valence-electron chi connectivity index (χ2n) is 5.95. The third kappa shape index (κ3) is 3.39. The van der Waals surface area contributed by atoms with Crippen molar-refractivity contribution in [3.8, 4) is 0 Å². The summed E-state index contributed by atoms with van der Waals surface area (Å²) in [5.74, 6) is 0. The summed E-state index contributed by atoms with van der Waals surface area (Å²) in [6, 6.07) is 13.4. The van der Waals surface area contributed by atoms with Crippen LogP contribution in [0.1, 0.15) is 35.1 Å². The van der Waals surface area contributed by atoms with Gasteiger partial charge in [-0.05, 0) is 61.4 Å². The van der Waals surface area contributed by atoms with Gasteiger partial charge in [-0.3, -0.25) is 0 Å². The molecule has 116 valence electrons. The Labute approximate surface area is 132 Å². The van der Waals surface area contributed by atoms with E-state index < -0.39 is 10.0 Å². The number of aryl methyl sites for hydroxylation is 3. The van der Waals surface area contributed by atoms with Crippen molar-refractivity contribution >= 4 is 10.0 Å². The Morgan fingerprint density at radius 2 is 1.77 bits per heavy atom. The van der Waals surface area contributed by atoms with Crippen molar-refractivity contribution in [3.05, 3.63) is 64.7 Å². The minimum atomic E-state index is -3.45. The largest absolute Gasteiger partial charge is 0.240 e. The molecule has 0 radical (unpaired) electrons. The van der Waals surface area contributed by atoms with Gasteiger partial charge < -0.3 is 0 Å². The molecule has 0 saturated carbocycles. The van der Waals surface area contributed by atoms with Crippen molar-refractivity contribution in [2.75, 3.05) is 0 Å². The van der Waals surface area contributed by atoms with E-state index in [2.05, 4.69) is 4.72 Å². The Bertz CT molecular complexity index is 781. The van der Waals surface area contributed by atoms with Gasteiger partial charge in [-0.2, -0.15) is 0 Å². The Kier molecular flexibility index (Phi) is 4.32. The van der Waals surface area contributed by atoms with Crippen molar-refractivity contribution < 1.29 is 8.42 Å². The molecule has 2 aromatic rings. The van der Waals surface area contributed by atoms with Crippen molar-refractivity contribution in [1.29, 1.82) is 0 Å². The molecule has 3 nitrogen and oxygen atoms in total. The molecule has 0 unspecified atom stereocenters. The van der Waals surface area contributed by atoms with E-state index in [0.29, 0.717) is 11.4 Å². The maximum Gasteiger partial charge on any atom is 0.240 e. The van der Waals surface area contributed by atoms with Crippen LogP contribution in [0.25, 0.3) is 0 Å². The molecular formula is C18H21NO2S. The van der Waals surface area contributed by atoms with Gasteiger partial charge >= 0.3 is 0 Å². The first-order valence-corrected chi connectivity index (χ1v) is 9.20. The first kappa shape index (κ1) is 15.3. The zero-order valence-corrected chi connectivity index (χ0v) is 13.6. The van der Waals surface area contributed by atoms with Crippen LogP contribution < -0.4 is 4.72 Å². The van der Waals surface area contributed by atoms with Gasteiger partial charge in [-0.15, -0.1) is 0 Å². The Balaban J connectivity index is 1.78. The molecule has 0 amide bonds. The predicted octanol–water partition coefficient (Wildman–Crippen LogP) is 3.35. The molecule has 0 fully saturated rings. The highest BCUT2D eigenvalue weighted by Gasteiger charge is 2.17. The number of sulfonamides is 1. The van der Waals surface area contributed by atoms with Gasteiger partial charge in [0.1, 0.15) is 0 Å². The van der Waals surface area contributed by atoms with Crippen LogP contribution >= 0.6 is 0 Å². The fourth-order valence-electron chi connectivity index (χ4n) is 2.96.